The maximum atomic E-state index is 12.4. The third-order valence-corrected chi connectivity index (χ3v) is 5.55. The Kier molecular flexibility index (Phi) is 6.59. The largest absolute Gasteiger partial charge is 0.379 e. The number of ether oxygens (including phenoxy) is 1. The molecule has 1 aromatic heterocycles. The molecule has 3 heterocycles. The number of para-hydroxylation sites is 1. The summed E-state index contributed by atoms with van der Waals surface area (Å²) in [7, 11) is 0. The maximum absolute atomic E-state index is 12.4. The van der Waals surface area contributed by atoms with Gasteiger partial charge in [-0.15, -0.1) is 0 Å². The Morgan fingerprint density at radius 3 is 2.34 bits per heavy atom. The highest BCUT2D eigenvalue weighted by atomic mass is 16.5. The van der Waals surface area contributed by atoms with Crippen molar-refractivity contribution in [3.63, 3.8) is 0 Å². The topological polar surface area (TPSA) is 60.9 Å². The first kappa shape index (κ1) is 19.7. The van der Waals surface area contributed by atoms with E-state index in [1.54, 1.807) is 6.20 Å². The third-order valence-electron chi connectivity index (χ3n) is 5.55. The van der Waals surface area contributed by atoms with Gasteiger partial charge in [0.1, 0.15) is 5.82 Å². The summed E-state index contributed by atoms with van der Waals surface area (Å²) in [5, 5.41) is 2.99. The fourth-order valence-electron chi connectivity index (χ4n) is 3.79. The van der Waals surface area contributed by atoms with E-state index in [9.17, 15) is 4.79 Å². The van der Waals surface area contributed by atoms with Crippen molar-refractivity contribution in [2.24, 2.45) is 0 Å². The molecule has 2 fully saturated rings. The second-order valence-electron chi connectivity index (χ2n) is 7.42. The minimum atomic E-state index is -0.0637. The Balaban J connectivity index is 1.24. The van der Waals surface area contributed by atoms with E-state index in [0.717, 1.165) is 64.8 Å². The highest BCUT2D eigenvalue weighted by Gasteiger charge is 2.18. The third kappa shape index (κ3) is 5.25. The summed E-state index contributed by atoms with van der Waals surface area (Å²) in [6.07, 6.45) is 1.68. The van der Waals surface area contributed by atoms with Crippen molar-refractivity contribution < 1.29 is 9.53 Å². The van der Waals surface area contributed by atoms with Crippen LogP contribution in [0, 0.1) is 0 Å². The van der Waals surface area contributed by atoms with Crippen LogP contribution < -0.4 is 15.1 Å². The number of amides is 1. The number of aromatic nitrogens is 1. The van der Waals surface area contributed by atoms with Gasteiger partial charge in [0.15, 0.2) is 0 Å². The summed E-state index contributed by atoms with van der Waals surface area (Å²) < 4.78 is 5.34. The van der Waals surface area contributed by atoms with Crippen LogP contribution in [0.3, 0.4) is 0 Å². The zero-order valence-electron chi connectivity index (χ0n) is 16.8. The van der Waals surface area contributed by atoms with Crippen molar-refractivity contribution in [3.8, 4) is 0 Å². The molecule has 4 rings (SSSR count). The molecule has 1 N–H and O–H groups in total. The number of piperazine rings is 1. The molecule has 7 heteroatoms. The molecule has 7 nitrogen and oxygen atoms in total. The number of hydrogen-bond acceptors (Lipinski definition) is 6. The molecule has 2 saturated heterocycles. The minimum absolute atomic E-state index is 0.0637. The standard InChI is InChI=1S/C22H29N5O2/c28-22(23-8-9-25-14-16-29-17-15-25)19-6-7-21(24-18-19)27-12-10-26(11-13-27)20-4-2-1-3-5-20/h1-7,18H,8-17H2,(H,23,28). The molecule has 0 bridgehead atoms. The number of morpholine rings is 1. The molecule has 0 unspecified atom stereocenters. The van der Waals surface area contributed by atoms with Gasteiger partial charge in [-0.25, -0.2) is 4.98 Å². The number of carbonyl (C=O) groups excluding carboxylic acids is 1. The van der Waals surface area contributed by atoms with Crippen LogP contribution in [0.15, 0.2) is 48.7 Å². The maximum Gasteiger partial charge on any atom is 0.252 e. The summed E-state index contributed by atoms with van der Waals surface area (Å²) in [5.41, 5.74) is 1.88. The summed E-state index contributed by atoms with van der Waals surface area (Å²) in [4.78, 5) is 23.9. The van der Waals surface area contributed by atoms with E-state index < -0.39 is 0 Å². The highest BCUT2D eigenvalue weighted by molar-refractivity contribution is 5.94. The molecular weight excluding hydrogens is 366 g/mol. The van der Waals surface area contributed by atoms with E-state index in [1.807, 2.05) is 18.2 Å². The van der Waals surface area contributed by atoms with Gasteiger partial charge >= 0.3 is 0 Å². The Bertz CT molecular complexity index is 770. The number of carbonyl (C=O) groups is 1. The summed E-state index contributed by atoms with van der Waals surface area (Å²) in [5.74, 6) is 0.869. The molecule has 29 heavy (non-hydrogen) atoms. The molecule has 154 valence electrons. The number of nitrogens with zero attached hydrogens (tertiary/aromatic N) is 4. The van der Waals surface area contributed by atoms with Gasteiger partial charge in [0.2, 0.25) is 0 Å². The molecule has 0 spiro atoms. The second-order valence-corrected chi connectivity index (χ2v) is 7.42. The van der Waals surface area contributed by atoms with Crippen LogP contribution in [-0.2, 0) is 4.74 Å². The summed E-state index contributed by atoms with van der Waals surface area (Å²) in [6, 6.07) is 14.3. The lowest BCUT2D eigenvalue weighted by Gasteiger charge is -2.36. The molecule has 1 amide bonds. The monoisotopic (exact) mass is 395 g/mol. The van der Waals surface area contributed by atoms with Crippen LogP contribution in [0.4, 0.5) is 11.5 Å². The van der Waals surface area contributed by atoms with E-state index in [4.69, 9.17) is 4.74 Å². The summed E-state index contributed by atoms with van der Waals surface area (Å²) in [6.45, 7) is 8.70. The molecule has 0 aliphatic carbocycles. The van der Waals surface area contributed by atoms with Crippen molar-refractivity contribution in [1.29, 1.82) is 0 Å². The van der Waals surface area contributed by atoms with Crippen molar-refractivity contribution in [1.82, 2.24) is 15.2 Å². The van der Waals surface area contributed by atoms with Crippen LogP contribution in [0.1, 0.15) is 10.4 Å². The molecule has 0 saturated carbocycles. The van der Waals surface area contributed by atoms with E-state index >= 15 is 0 Å². The number of hydrogen-bond donors (Lipinski definition) is 1. The first-order chi connectivity index (χ1) is 14.3. The van der Waals surface area contributed by atoms with Crippen LogP contribution >= 0.6 is 0 Å². The van der Waals surface area contributed by atoms with Gasteiger partial charge in [-0.2, -0.15) is 0 Å². The molecule has 0 radical (unpaired) electrons. The average molecular weight is 396 g/mol. The number of pyridine rings is 1. The van der Waals surface area contributed by atoms with Crippen molar-refractivity contribution in [3.05, 3.63) is 54.2 Å². The summed E-state index contributed by atoms with van der Waals surface area (Å²) >= 11 is 0. The van der Waals surface area contributed by atoms with Crippen molar-refractivity contribution in [2.75, 3.05) is 75.4 Å². The zero-order chi connectivity index (χ0) is 19.9. The molecule has 2 aromatic rings. The van der Waals surface area contributed by atoms with Crippen LogP contribution in [0.5, 0.6) is 0 Å². The van der Waals surface area contributed by atoms with Gasteiger partial charge in [0.05, 0.1) is 18.8 Å². The Hall–Kier alpha value is -2.64. The van der Waals surface area contributed by atoms with Gasteiger partial charge < -0.3 is 19.9 Å². The van der Waals surface area contributed by atoms with Crippen LogP contribution in [-0.4, -0.2) is 81.4 Å². The molecule has 1 aromatic carbocycles. The number of rotatable bonds is 6. The normalized spacial score (nSPS) is 17.9. The second kappa shape index (κ2) is 9.71. The lowest BCUT2D eigenvalue weighted by Crippen LogP contribution is -2.46. The first-order valence-corrected chi connectivity index (χ1v) is 10.4. The van der Waals surface area contributed by atoms with Crippen LogP contribution in [0.25, 0.3) is 0 Å². The lowest BCUT2D eigenvalue weighted by atomic mass is 10.2. The molecule has 0 atom stereocenters. The molecular formula is C22H29N5O2. The average Bonchev–Trinajstić information content (AvgIpc) is 2.80. The van der Waals surface area contributed by atoms with E-state index in [0.29, 0.717) is 12.1 Å². The van der Waals surface area contributed by atoms with E-state index in [2.05, 4.69) is 49.3 Å². The highest BCUT2D eigenvalue weighted by Crippen LogP contribution is 2.19. The van der Waals surface area contributed by atoms with Crippen LogP contribution in [0.2, 0.25) is 0 Å². The molecule has 2 aliphatic rings. The fourth-order valence-corrected chi connectivity index (χ4v) is 3.79. The minimum Gasteiger partial charge on any atom is -0.379 e. The van der Waals surface area contributed by atoms with E-state index in [1.165, 1.54) is 5.69 Å². The number of nitrogens with one attached hydrogen (secondary N) is 1. The van der Waals surface area contributed by atoms with Gasteiger partial charge in [-0.05, 0) is 24.3 Å². The number of benzene rings is 1. The predicted molar refractivity (Wildman–Crippen MR) is 115 cm³/mol. The zero-order valence-corrected chi connectivity index (χ0v) is 16.8. The Morgan fingerprint density at radius 1 is 0.931 bits per heavy atom. The SMILES string of the molecule is O=C(NCCN1CCOCC1)c1ccc(N2CCN(c3ccccc3)CC2)nc1. The van der Waals surface area contributed by atoms with Gasteiger partial charge in [-0.1, -0.05) is 18.2 Å². The van der Waals surface area contributed by atoms with Crippen molar-refractivity contribution >= 4 is 17.4 Å². The van der Waals surface area contributed by atoms with Gasteiger partial charge in [-0.3, -0.25) is 9.69 Å². The lowest BCUT2D eigenvalue weighted by molar-refractivity contribution is 0.0383. The Morgan fingerprint density at radius 2 is 1.66 bits per heavy atom. The Labute approximate surface area is 172 Å². The van der Waals surface area contributed by atoms with E-state index in [-0.39, 0.29) is 5.91 Å². The molecule has 2 aliphatic heterocycles. The number of anilines is 2. The fraction of sp³-hybridized carbons (Fsp3) is 0.455. The first-order valence-electron chi connectivity index (χ1n) is 10.4. The predicted octanol–water partition coefficient (Wildman–Crippen LogP) is 1.47. The van der Waals surface area contributed by atoms with Crippen molar-refractivity contribution in [2.45, 2.75) is 0 Å². The smallest absolute Gasteiger partial charge is 0.252 e. The van der Waals surface area contributed by atoms with Gasteiger partial charge in [0.25, 0.3) is 5.91 Å². The quantitative estimate of drug-likeness (QED) is 0.799. The van der Waals surface area contributed by atoms with Gasteiger partial charge in [0, 0.05) is 64.2 Å².